The van der Waals surface area contributed by atoms with E-state index in [2.05, 4.69) is 16.0 Å². The Bertz CT molecular complexity index is 748. The van der Waals surface area contributed by atoms with Gasteiger partial charge in [-0.25, -0.2) is 4.98 Å². The van der Waals surface area contributed by atoms with Gasteiger partial charge in [-0.1, -0.05) is 12.1 Å². The molecule has 3 aromatic rings. The van der Waals surface area contributed by atoms with Crippen LogP contribution in [-0.2, 0) is 6.54 Å². The van der Waals surface area contributed by atoms with Crippen molar-refractivity contribution in [2.45, 2.75) is 13.5 Å². The third-order valence-electron chi connectivity index (χ3n) is 3.29. The number of hydrogen-bond donors (Lipinski definition) is 1. The molecule has 1 heterocycles. The number of rotatable bonds is 3. The number of anilines is 2. The summed E-state index contributed by atoms with van der Waals surface area (Å²) in [5.41, 5.74) is 10.6. The Balaban J connectivity index is 1.85. The third kappa shape index (κ3) is 2.45. The quantitative estimate of drug-likeness (QED) is 0.739. The van der Waals surface area contributed by atoms with Crippen molar-refractivity contribution in [1.82, 2.24) is 4.98 Å². The molecule has 0 bridgehead atoms. The number of hydrogen-bond acceptors (Lipinski definition) is 4. The predicted molar refractivity (Wildman–Crippen MR) is 81.7 cm³/mol. The van der Waals surface area contributed by atoms with Crippen LogP contribution in [0.15, 0.2) is 46.9 Å². The second-order valence-corrected chi connectivity index (χ2v) is 4.99. The fourth-order valence-corrected chi connectivity index (χ4v) is 2.31. The molecule has 0 aliphatic rings. The summed E-state index contributed by atoms with van der Waals surface area (Å²) in [7, 11) is 2.05. The molecule has 102 valence electrons. The molecule has 20 heavy (non-hydrogen) atoms. The largest absolute Gasteiger partial charge is 0.441 e. The number of nitrogen functional groups attached to an aromatic ring is 1. The summed E-state index contributed by atoms with van der Waals surface area (Å²) in [6.45, 7) is 2.65. The highest BCUT2D eigenvalue weighted by Crippen LogP contribution is 2.21. The van der Waals surface area contributed by atoms with E-state index >= 15 is 0 Å². The molecule has 0 radical (unpaired) electrons. The first-order valence-corrected chi connectivity index (χ1v) is 6.54. The van der Waals surface area contributed by atoms with Crippen LogP contribution in [0.5, 0.6) is 0 Å². The van der Waals surface area contributed by atoms with Gasteiger partial charge >= 0.3 is 0 Å². The van der Waals surface area contributed by atoms with Gasteiger partial charge in [0.25, 0.3) is 0 Å². The van der Waals surface area contributed by atoms with Crippen molar-refractivity contribution >= 4 is 22.5 Å². The fraction of sp³-hybridized carbons (Fsp3) is 0.188. The molecule has 0 saturated heterocycles. The van der Waals surface area contributed by atoms with E-state index in [1.165, 1.54) is 5.56 Å². The number of aromatic nitrogens is 1. The lowest BCUT2D eigenvalue weighted by Crippen LogP contribution is -2.16. The van der Waals surface area contributed by atoms with Crippen LogP contribution >= 0.6 is 0 Å². The summed E-state index contributed by atoms with van der Waals surface area (Å²) in [6, 6.07) is 14.0. The van der Waals surface area contributed by atoms with Gasteiger partial charge in [0, 0.05) is 31.9 Å². The molecule has 1 aromatic heterocycles. The van der Waals surface area contributed by atoms with Crippen LogP contribution in [0.1, 0.15) is 11.5 Å². The first-order chi connectivity index (χ1) is 9.61. The van der Waals surface area contributed by atoms with Crippen molar-refractivity contribution < 1.29 is 4.42 Å². The lowest BCUT2D eigenvalue weighted by atomic mass is 10.2. The lowest BCUT2D eigenvalue weighted by molar-refractivity contribution is 0.560. The maximum Gasteiger partial charge on any atom is 0.192 e. The van der Waals surface area contributed by atoms with Gasteiger partial charge in [0.05, 0.1) is 0 Å². The highest BCUT2D eigenvalue weighted by atomic mass is 16.3. The van der Waals surface area contributed by atoms with Crippen LogP contribution < -0.4 is 10.6 Å². The molecular weight excluding hydrogens is 250 g/mol. The second-order valence-electron chi connectivity index (χ2n) is 4.99. The average molecular weight is 267 g/mol. The lowest BCUT2D eigenvalue weighted by Gasteiger charge is -2.19. The van der Waals surface area contributed by atoms with E-state index in [9.17, 15) is 0 Å². The van der Waals surface area contributed by atoms with Gasteiger partial charge in [-0.05, 0) is 35.9 Å². The molecule has 3 rings (SSSR count). The highest BCUT2D eigenvalue weighted by molar-refractivity contribution is 5.73. The molecule has 0 saturated carbocycles. The van der Waals surface area contributed by atoms with E-state index < -0.39 is 0 Å². The Morgan fingerprint density at radius 1 is 1.20 bits per heavy atom. The molecule has 0 amide bonds. The fourth-order valence-electron chi connectivity index (χ4n) is 2.31. The Hall–Kier alpha value is -2.49. The van der Waals surface area contributed by atoms with Crippen molar-refractivity contribution in [3.8, 4) is 0 Å². The molecule has 0 spiro atoms. The molecule has 0 atom stereocenters. The molecular formula is C16H17N3O. The molecule has 4 nitrogen and oxygen atoms in total. The van der Waals surface area contributed by atoms with E-state index in [1.54, 1.807) is 0 Å². The number of benzene rings is 2. The minimum Gasteiger partial charge on any atom is -0.441 e. The van der Waals surface area contributed by atoms with Gasteiger partial charge in [0.15, 0.2) is 11.5 Å². The van der Waals surface area contributed by atoms with Gasteiger partial charge < -0.3 is 15.1 Å². The van der Waals surface area contributed by atoms with Crippen LogP contribution in [-0.4, -0.2) is 12.0 Å². The zero-order chi connectivity index (χ0) is 14.1. The highest BCUT2D eigenvalue weighted by Gasteiger charge is 2.06. The minimum atomic E-state index is 0.696. The van der Waals surface area contributed by atoms with Crippen molar-refractivity contribution in [3.05, 3.63) is 53.9 Å². The van der Waals surface area contributed by atoms with Gasteiger partial charge in [-0.3, -0.25) is 0 Å². The average Bonchev–Trinajstić information content (AvgIpc) is 2.78. The van der Waals surface area contributed by atoms with E-state index in [4.69, 9.17) is 10.2 Å². The maximum atomic E-state index is 5.82. The molecule has 0 fully saturated rings. The summed E-state index contributed by atoms with van der Waals surface area (Å²) >= 11 is 0. The number of oxazole rings is 1. The number of nitrogens with zero attached hydrogens (tertiary/aromatic N) is 2. The molecule has 0 unspecified atom stereocenters. The molecule has 0 aliphatic heterocycles. The Kier molecular flexibility index (Phi) is 3.06. The van der Waals surface area contributed by atoms with Crippen molar-refractivity contribution in [1.29, 1.82) is 0 Å². The minimum absolute atomic E-state index is 0.696. The summed E-state index contributed by atoms with van der Waals surface area (Å²) in [5, 5.41) is 0. The van der Waals surface area contributed by atoms with E-state index in [-0.39, 0.29) is 0 Å². The van der Waals surface area contributed by atoms with Crippen LogP contribution in [0.2, 0.25) is 0 Å². The Labute approximate surface area is 117 Å². The van der Waals surface area contributed by atoms with Gasteiger partial charge in [-0.2, -0.15) is 0 Å². The van der Waals surface area contributed by atoms with Crippen LogP contribution in [0.4, 0.5) is 11.4 Å². The smallest absolute Gasteiger partial charge is 0.192 e. The molecule has 0 aliphatic carbocycles. The molecule has 2 N–H and O–H groups in total. The maximum absolute atomic E-state index is 5.82. The Morgan fingerprint density at radius 3 is 2.85 bits per heavy atom. The van der Waals surface area contributed by atoms with Crippen molar-refractivity contribution in [3.63, 3.8) is 0 Å². The van der Waals surface area contributed by atoms with Gasteiger partial charge in [0.2, 0.25) is 0 Å². The summed E-state index contributed by atoms with van der Waals surface area (Å²) in [6.07, 6.45) is 0. The molecule has 2 aromatic carbocycles. The van der Waals surface area contributed by atoms with Gasteiger partial charge in [-0.15, -0.1) is 0 Å². The zero-order valence-corrected chi connectivity index (χ0v) is 11.6. The van der Waals surface area contributed by atoms with E-state index in [0.717, 1.165) is 29.0 Å². The standard InChI is InChI=1S/C16H17N3O/c1-11-18-15-7-6-12(8-16(15)20-11)10-19(2)14-5-3-4-13(17)9-14/h3-9H,10,17H2,1-2H3. The summed E-state index contributed by atoms with van der Waals surface area (Å²) < 4.78 is 5.57. The van der Waals surface area contributed by atoms with Crippen LogP contribution in [0.3, 0.4) is 0 Å². The number of aryl methyl sites for hydroxylation is 1. The van der Waals surface area contributed by atoms with Gasteiger partial charge in [0.1, 0.15) is 5.52 Å². The topological polar surface area (TPSA) is 55.3 Å². The summed E-state index contributed by atoms with van der Waals surface area (Å²) in [4.78, 5) is 6.46. The zero-order valence-electron chi connectivity index (χ0n) is 11.6. The van der Waals surface area contributed by atoms with Crippen molar-refractivity contribution in [2.75, 3.05) is 17.7 Å². The van der Waals surface area contributed by atoms with Crippen LogP contribution in [0, 0.1) is 6.92 Å². The van der Waals surface area contributed by atoms with E-state index in [1.807, 2.05) is 50.4 Å². The van der Waals surface area contributed by atoms with Crippen LogP contribution in [0.25, 0.3) is 11.1 Å². The monoisotopic (exact) mass is 267 g/mol. The Morgan fingerprint density at radius 2 is 2.05 bits per heavy atom. The number of nitrogens with two attached hydrogens (primary N) is 1. The summed E-state index contributed by atoms with van der Waals surface area (Å²) in [5.74, 6) is 0.696. The first kappa shape index (κ1) is 12.5. The third-order valence-corrected chi connectivity index (χ3v) is 3.29. The van der Waals surface area contributed by atoms with Crippen molar-refractivity contribution in [2.24, 2.45) is 0 Å². The normalized spacial score (nSPS) is 10.9. The predicted octanol–water partition coefficient (Wildman–Crippen LogP) is 3.35. The molecule has 4 heteroatoms. The SMILES string of the molecule is Cc1nc2ccc(CN(C)c3cccc(N)c3)cc2o1. The van der Waals surface area contributed by atoms with E-state index in [0.29, 0.717) is 5.89 Å². The first-order valence-electron chi connectivity index (χ1n) is 6.54. The number of fused-ring (bicyclic) bond motifs is 1. The second kappa shape index (κ2) is 4.89.